The summed E-state index contributed by atoms with van der Waals surface area (Å²) in [6.07, 6.45) is 2.74. The lowest BCUT2D eigenvalue weighted by Gasteiger charge is -2.20. The zero-order valence-corrected chi connectivity index (χ0v) is 14.4. The highest BCUT2D eigenvalue weighted by Gasteiger charge is 2.11. The molecule has 1 aromatic heterocycles. The van der Waals surface area contributed by atoms with Crippen LogP contribution >= 0.6 is 12.2 Å². The molecule has 0 bridgehead atoms. The van der Waals surface area contributed by atoms with E-state index in [4.69, 9.17) is 12.2 Å². The highest BCUT2D eigenvalue weighted by molar-refractivity contribution is 7.80. The molecule has 2 N–H and O–H groups in total. The Labute approximate surface area is 138 Å². The molecule has 1 atom stereocenters. The van der Waals surface area contributed by atoms with Crippen molar-refractivity contribution in [1.82, 2.24) is 10.3 Å². The van der Waals surface area contributed by atoms with Crippen molar-refractivity contribution < 1.29 is 0 Å². The van der Waals surface area contributed by atoms with Gasteiger partial charge in [-0.25, -0.2) is 4.98 Å². The van der Waals surface area contributed by atoms with Crippen LogP contribution in [0.1, 0.15) is 41.6 Å². The fourth-order valence-corrected chi connectivity index (χ4v) is 2.56. The van der Waals surface area contributed by atoms with Gasteiger partial charge in [0.1, 0.15) is 5.82 Å². The fourth-order valence-electron chi connectivity index (χ4n) is 2.32. The summed E-state index contributed by atoms with van der Waals surface area (Å²) in [7, 11) is 0. The van der Waals surface area contributed by atoms with Crippen molar-refractivity contribution in [2.24, 2.45) is 0 Å². The van der Waals surface area contributed by atoms with Crippen molar-refractivity contribution in [3.05, 3.63) is 58.8 Å². The molecule has 0 saturated carbocycles. The molecule has 2 rings (SSSR count). The Bertz CT molecular complexity index is 667. The van der Waals surface area contributed by atoms with Crippen LogP contribution in [-0.4, -0.2) is 10.1 Å². The van der Waals surface area contributed by atoms with Gasteiger partial charge in [-0.15, -0.1) is 0 Å². The van der Waals surface area contributed by atoms with Crippen LogP contribution in [0.5, 0.6) is 0 Å². The van der Waals surface area contributed by atoms with E-state index < -0.39 is 0 Å². The van der Waals surface area contributed by atoms with E-state index in [2.05, 4.69) is 54.6 Å². The smallest absolute Gasteiger partial charge is 0.172 e. The predicted molar refractivity (Wildman–Crippen MR) is 97.3 cm³/mol. The largest absolute Gasteiger partial charge is 0.356 e. The number of aromatic nitrogens is 1. The maximum absolute atomic E-state index is 5.42. The van der Waals surface area contributed by atoms with E-state index in [-0.39, 0.29) is 6.04 Å². The van der Waals surface area contributed by atoms with Crippen molar-refractivity contribution in [3.63, 3.8) is 0 Å². The molecule has 116 valence electrons. The maximum Gasteiger partial charge on any atom is 0.172 e. The van der Waals surface area contributed by atoms with Crippen molar-refractivity contribution in [3.8, 4) is 0 Å². The summed E-state index contributed by atoms with van der Waals surface area (Å²) in [6, 6.07) is 10.7. The van der Waals surface area contributed by atoms with Crippen molar-refractivity contribution in [2.45, 2.75) is 40.2 Å². The number of pyridine rings is 1. The first kappa shape index (κ1) is 16.4. The van der Waals surface area contributed by atoms with Crippen molar-refractivity contribution in [1.29, 1.82) is 0 Å². The summed E-state index contributed by atoms with van der Waals surface area (Å²) in [4.78, 5) is 4.27. The van der Waals surface area contributed by atoms with Gasteiger partial charge in [0.2, 0.25) is 0 Å². The molecular weight excluding hydrogens is 290 g/mol. The van der Waals surface area contributed by atoms with Gasteiger partial charge in [0.25, 0.3) is 0 Å². The van der Waals surface area contributed by atoms with Gasteiger partial charge >= 0.3 is 0 Å². The molecule has 2 aromatic rings. The summed E-state index contributed by atoms with van der Waals surface area (Å²) < 4.78 is 0. The number of hydrogen-bond acceptors (Lipinski definition) is 2. The molecule has 0 aliphatic carbocycles. The molecule has 0 amide bonds. The molecule has 22 heavy (non-hydrogen) atoms. The molecule has 1 aromatic carbocycles. The number of hydrogen-bond donors (Lipinski definition) is 2. The number of nitrogens with one attached hydrogen (secondary N) is 2. The van der Waals surface area contributed by atoms with E-state index in [9.17, 15) is 0 Å². The summed E-state index contributed by atoms with van der Waals surface area (Å²) in [5.74, 6) is 0.771. The van der Waals surface area contributed by atoms with Gasteiger partial charge in [0, 0.05) is 6.20 Å². The topological polar surface area (TPSA) is 37.0 Å². The molecule has 0 spiro atoms. The maximum atomic E-state index is 5.42. The number of thiocarbonyl (C=S) groups is 1. The Morgan fingerprint density at radius 3 is 2.55 bits per heavy atom. The minimum absolute atomic E-state index is 0.198. The molecule has 1 heterocycles. The number of anilines is 1. The van der Waals surface area contributed by atoms with E-state index in [1.165, 1.54) is 16.7 Å². The third-order valence-corrected chi connectivity index (χ3v) is 4.02. The molecule has 0 unspecified atom stereocenters. The number of benzene rings is 1. The Balaban J connectivity index is 2.06. The van der Waals surface area contributed by atoms with Crippen LogP contribution in [0, 0.1) is 20.8 Å². The Morgan fingerprint density at radius 1 is 1.14 bits per heavy atom. The van der Waals surface area contributed by atoms with Crippen LogP contribution in [0.2, 0.25) is 0 Å². The van der Waals surface area contributed by atoms with Gasteiger partial charge in [-0.3, -0.25) is 0 Å². The van der Waals surface area contributed by atoms with Crippen molar-refractivity contribution >= 4 is 23.1 Å². The second-order valence-electron chi connectivity index (χ2n) is 5.62. The summed E-state index contributed by atoms with van der Waals surface area (Å²) >= 11 is 5.42. The minimum atomic E-state index is 0.198. The molecule has 0 aliphatic rings. The summed E-state index contributed by atoms with van der Waals surface area (Å²) in [6.45, 7) is 8.45. The van der Waals surface area contributed by atoms with Gasteiger partial charge in [-0.2, -0.15) is 0 Å². The Kier molecular flexibility index (Phi) is 5.50. The molecule has 0 fully saturated rings. The van der Waals surface area contributed by atoms with E-state index in [1.54, 1.807) is 6.20 Å². The van der Waals surface area contributed by atoms with Crippen LogP contribution in [0.4, 0.5) is 5.82 Å². The molecule has 3 nitrogen and oxygen atoms in total. The van der Waals surface area contributed by atoms with Gasteiger partial charge in [0.05, 0.1) is 6.04 Å². The number of aryl methyl sites for hydroxylation is 3. The normalized spacial score (nSPS) is 11.8. The lowest BCUT2D eigenvalue weighted by Crippen LogP contribution is -2.32. The number of rotatable bonds is 4. The Hall–Kier alpha value is -1.94. The third kappa shape index (κ3) is 4.28. The summed E-state index contributed by atoms with van der Waals surface area (Å²) in [5, 5.41) is 7.13. The third-order valence-electron chi connectivity index (χ3n) is 3.80. The van der Waals surface area contributed by atoms with Crippen LogP contribution in [-0.2, 0) is 0 Å². The van der Waals surface area contributed by atoms with Gasteiger partial charge in [0.15, 0.2) is 5.11 Å². The van der Waals surface area contributed by atoms with E-state index >= 15 is 0 Å². The van der Waals surface area contributed by atoms with Crippen LogP contribution in [0.25, 0.3) is 0 Å². The standard InChI is InChI=1S/C18H23N3S/c1-5-16(15-7-6-13(3)14(4)11-15)20-18(22)21-17-10-12(2)8-9-19-17/h6-11,16H,5H2,1-4H3,(H2,19,20,21,22)/t16-/m0/s1. The van der Waals surface area contributed by atoms with Crippen molar-refractivity contribution in [2.75, 3.05) is 5.32 Å². The molecule has 0 radical (unpaired) electrons. The highest BCUT2D eigenvalue weighted by atomic mass is 32.1. The Morgan fingerprint density at radius 2 is 1.91 bits per heavy atom. The summed E-state index contributed by atoms with van der Waals surface area (Å²) in [5.41, 5.74) is 5.02. The monoisotopic (exact) mass is 313 g/mol. The highest BCUT2D eigenvalue weighted by Crippen LogP contribution is 2.20. The fraction of sp³-hybridized carbons (Fsp3) is 0.333. The van der Waals surface area contributed by atoms with E-state index in [0.29, 0.717) is 5.11 Å². The lowest BCUT2D eigenvalue weighted by molar-refractivity contribution is 0.628. The minimum Gasteiger partial charge on any atom is -0.356 e. The quantitative estimate of drug-likeness (QED) is 0.818. The van der Waals surface area contributed by atoms with Crippen LogP contribution < -0.4 is 10.6 Å². The first-order valence-corrected chi connectivity index (χ1v) is 7.97. The first-order valence-electron chi connectivity index (χ1n) is 7.57. The van der Waals surface area contributed by atoms with E-state index in [1.807, 2.05) is 19.1 Å². The molecule has 4 heteroatoms. The van der Waals surface area contributed by atoms with Gasteiger partial charge < -0.3 is 10.6 Å². The number of nitrogens with zero attached hydrogens (tertiary/aromatic N) is 1. The van der Waals surface area contributed by atoms with Gasteiger partial charge in [-0.1, -0.05) is 25.1 Å². The SMILES string of the molecule is CC[C@H](NC(=S)Nc1cc(C)ccn1)c1ccc(C)c(C)c1. The van der Waals surface area contributed by atoms with Crippen LogP contribution in [0.3, 0.4) is 0 Å². The second kappa shape index (κ2) is 7.36. The molecular formula is C18H23N3S. The average molecular weight is 313 g/mol. The van der Waals surface area contributed by atoms with E-state index in [0.717, 1.165) is 17.8 Å². The average Bonchev–Trinajstić information content (AvgIpc) is 2.48. The lowest BCUT2D eigenvalue weighted by atomic mass is 9.99. The zero-order chi connectivity index (χ0) is 16.1. The predicted octanol–water partition coefficient (Wildman–Crippen LogP) is 4.44. The van der Waals surface area contributed by atoms with Gasteiger partial charge in [-0.05, 0) is 73.8 Å². The van der Waals surface area contributed by atoms with Crippen LogP contribution in [0.15, 0.2) is 36.5 Å². The molecule has 0 saturated heterocycles. The second-order valence-corrected chi connectivity index (χ2v) is 6.03. The first-order chi connectivity index (χ1) is 10.5. The zero-order valence-electron chi connectivity index (χ0n) is 13.6. The molecule has 0 aliphatic heterocycles.